The fraction of sp³-hybridized carbons (Fsp3) is 0.389. The van der Waals surface area contributed by atoms with Gasteiger partial charge >= 0.3 is 6.09 Å². The largest absolute Gasteiger partial charge is 0.449 e. The molecule has 0 bridgehead atoms. The van der Waals surface area contributed by atoms with Gasteiger partial charge < -0.3 is 14.6 Å². The van der Waals surface area contributed by atoms with Crippen molar-refractivity contribution in [3.63, 3.8) is 0 Å². The SMILES string of the molecule is CCCCCCOC(=O)NC(=N)c1ccc(NCc2nc3cc(C(=O)N(CCC(=O)SCCCC)c4ccccn4)ccc3n2C)cc1. The number of carbonyl (C=O) groups excluding carboxylic acids is 3. The molecule has 12 heteroatoms. The van der Waals surface area contributed by atoms with Crippen molar-refractivity contribution in [1.82, 2.24) is 19.9 Å². The van der Waals surface area contributed by atoms with E-state index in [1.54, 1.807) is 47.5 Å². The second-order valence-corrected chi connectivity index (χ2v) is 12.5. The van der Waals surface area contributed by atoms with Crippen LogP contribution in [0.15, 0.2) is 66.9 Å². The molecule has 2 amide bonds. The molecule has 48 heavy (non-hydrogen) atoms. The Kier molecular flexibility index (Phi) is 14.0. The second-order valence-electron chi connectivity index (χ2n) is 11.4. The molecule has 254 valence electrons. The average molecular weight is 672 g/mol. The number of amidine groups is 1. The van der Waals surface area contributed by atoms with Gasteiger partial charge in [0, 0.05) is 48.8 Å². The number of ether oxygens (including phenoxy) is 1. The van der Waals surface area contributed by atoms with E-state index in [0.717, 1.165) is 61.3 Å². The predicted molar refractivity (Wildman–Crippen MR) is 193 cm³/mol. The topological polar surface area (TPSA) is 142 Å². The second kappa shape index (κ2) is 18.6. The summed E-state index contributed by atoms with van der Waals surface area (Å²) in [6.45, 7) is 5.22. The van der Waals surface area contributed by atoms with Crippen LogP contribution in [-0.4, -0.2) is 56.4 Å². The van der Waals surface area contributed by atoms with Crippen molar-refractivity contribution in [2.45, 2.75) is 65.3 Å². The lowest BCUT2D eigenvalue weighted by atomic mass is 10.1. The smallest absolute Gasteiger partial charge is 0.412 e. The zero-order chi connectivity index (χ0) is 34.3. The number of rotatable bonds is 17. The quantitative estimate of drug-likeness (QED) is 0.0603. The Morgan fingerprint density at radius 2 is 1.73 bits per heavy atom. The molecule has 0 saturated carbocycles. The molecule has 0 fully saturated rings. The molecular weight excluding hydrogens is 627 g/mol. The third kappa shape index (κ3) is 10.4. The van der Waals surface area contributed by atoms with E-state index in [2.05, 4.69) is 29.5 Å². The molecule has 0 aliphatic carbocycles. The van der Waals surface area contributed by atoms with Gasteiger partial charge in [0.2, 0.25) is 0 Å². The molecule has 0 aliphatic rings. The summed E-state index contributed by atoms with van der Waals surface area (Å²) < 4.78 is 7.14. The third-order valence-electron chi connectivity index (χ3n) is 7.77. The molecule has 11 nitrogen and oxygen atoms in total. The normalized spacial score (nSPS) is 10.9. The predicted octanol–water partition coefficient (Wildman–Crippen LogP) is 7.31. The molecule has 4 aromatic rings. The number of amides is 2. The number of aromatic nitrogens is 3. The number of benzene rings is 2. The Morgan fingerprint density at radius 1 is 0.958 bits per heavy atom. The van der Waals surface area contributed by atoms with E-state index >= 15 is 0 Å². The first-order valence-corrected chi connectivity index (χ1v) is 17.5. The van der Waals surface area contributed by atoms with Crippen molar-refractivity contribution in [3.05, 3.63) is 83.8 Å². The van der Waals surface area contributed by atoms with Gasteiger partial charge in [0.1, 0.15) is 17.5 Å². The van der Waals surface area contributed by atoms with Crippen LogP contribution < -0.4 is 15.5 Å². The zero-order valence-corrected chi connectivity index (χ0v) is 28.8. The molecule has 2 heterocycles. The van der Waals surface area contributed by atoms with Crippen molar-refractivity contribution in [1.29, 1.82) is 5.41 Å². The molecule has 0 atom stereocenters. The minimum absolute atomic E-state index is 0.0279. The standard InChI is InChI=1S/C36H45N7O4S/c1-4-6-8-11-22-47-36(46)41-34(37)26-13-16-28(17-14-26)39-25-32-40-29-24-27(15-18-30(29)42(32)3)35(45)43(31-12-9-10-20-38-31)21-19-33(44)48-23-7-5-2/h9-10,12-18,20,24,39H,4-8,11,19,21-23,25H2,1-3H3,(H2,37,41,46). The molecule has 2 aromatic heterocycles. The number of thioether (sulfide) groups is 1. The minimum Gasteiger partial charge on any atom is -0.449 e. The summed E-state index contributed by atoms with van der Waals surface area (Å²) in [5, 5.41) is 14.1. The fourth-order valence-corrected chi connectivity index (χ4v) is 5.87. The first kappa shape index (κ1) is 36.1. The fourth-order valence-electron chi connectivity index (χ4n) is 4.98. The van der Waals surface area contributed by atoms with Gasteiger partial charge in [-0.15, -0.1) is 0 Å². The molecule has 0 unspecified atom stereocenters. The average Bonchev–Trinajstić information content (AvgIpc) is 3.42. The Labute approximate surface area is 286 Å². The van der Waals surface area contributed by atoms with Crippen LogP contribution in [0.1, 0.15) is 80.5 Å². The Bertz CT molecular complexity index is 1680. The van der Waals surface area contributed by atoms with Gasteiger partial charge in [0.25, 0.3) is 5.91 Å². The van der Waals surface area contributed by atoms with Gasteiger partial charge in [-0.3, -0.25) is 25.2 Å². The van der Waals surface area contributed by atoms with E-state index in [4.69, 9.17) is 15.1 Å². The molecule has 0 aliphatic heterocycles. The number of hydrogen-bond acceptors (Lipinski definition) is 9. The van der Waals surface area contributed by atoms with Crippen molar-refractivity contribution >= 4 is 57.3 Å². The zero-order valence-electron chi connectivity index (χ0n) is 28.0. The van der Waals surface area contributed by atoms with Crippen molar-refractivity contribution < 1.29 is 19.1 Å². The minimum atomic E-state index is -0.623. The van der Waals surface area contributed by atoms with Gasteiger partial charge in [-0.25, -0.2) is 14.8 Å². The Morgan fingerprint density at radius 3 is 2.46 bits per heavy atom. The van der Waals surface area contributed by atoms with E-state index in [0.29, 0.717) is 35.6 Å². The van der Waals surface area contributed by atoms with Crippen LogP contribution in [0.2, 0.25) is 0 Å². The maximum atomic E-state index is 13.8. The van der Waals surface area contributed by atoms with Gasteiger partial charge in [0.15, 0.2) is 5.12 Å². The summed E-state index contributed by atoms with van der Waals surface area (Å²) in [6.07, 6.45) is 7.31. The third-order valence-corrected chi connectivity index (χ3v) is 8.79. The Hall–Kier alpha value is -4.71. The van der Waals surface area contributed by atoms with Crippen molar-refractivity contribution in [2.24, 2.45) is 7.05 Å². The number of aryl methyl sites for hydroxylation is 1. The van der Waals surface area contributed by atoms with Crippen LogP contribution in [0, 0.1) is 5.41 Å². The van der Waals surface area contributed by atoms with Crippen molar-refractivity contribution in [2.75, 3.05) is 29.1 Å². The van der Waals surface area contributed by atoms with E-state index in [9.17, 15) is 14.4 Å². The number of pyridine rings is 1. The van der Waals surface area contributed by atoms with E-state index in [-0.39, 0.29) is 29.8 Å². The monoisotopic (exact) mass is 671 g/mol. The first-order valence-electron chi connectivity index (χ1n) is 16.5. The van der Waals surface area contributed by atoms with E-state index in [1.807, 2.05) is 35.9 Å². The number of alkyl carbamates (subject to hydrolysis) is 1. The lowest BCUT2D eigenvalue weighted by Gasteiger charge is -2.21. The van der Waals surface area contributed by atoms with Gasteiger partial charge in [-0.05, 0) is 67.4 Å². The summed E-state index contributed by atoms with van der Waals surface area (Å²) in [6, 6.07) is 18.0. The molecule has 2 aromatic carbocycles. The molecular formula is C36H45N7O4S. The molecule has 4 rings (SSSR count). The number of imidazole rings is 1. The Balaban J connectivity index is 1.37. The molecule has 0 saturated heterocycles. The highest BCUT2D eigenvalue weighted by atomic mass is 32.2. The highest BCUT2D eigenvalue weighted by Crippen LogP contribution is 2.22. The van der Waals surface area contributed by atoms with Gasteiger partial charge in [0.05, 0.1) is 24.2 Å². The number of nitrogens with zero attached hydrogens (tertiary/aromatic N) is 4. The summed E-state index contributed by atoms with van der Waals surface area (Å²) in [5.41, 5.74) is 3.40. The van der Waals surface area contributed by atoms with Crippen LogP contribution in [0.5, 0.6) is 0 Å². The highest BCUT2D eigenvalue weighted by molar-refractivity contribution is 8.13. The lowest BCUT2D eigenvalue weighted by Crippen LogP contribution is -2.33. The molecule has 3 N–H and O–H groups in total. The van der Waals surface area contributed by atoms with Crippen LogP contribution in [0.25, 0.3) is 11.0 Å². The van der Waals surface area contributed by atoms with Crippen LogP contribution >= 0.6 is 11.8 Å². The number of nitrogens with one attached hydrogen (secondary N) is 3. The number of hydrogen-bond donors (Lipinski definition) is 3. The summed E-state index contributed by atoms with van der Waals surface area (Å²) >= 11 is 1.32. The summed E-state index contributed by atoms with van der Waals surface area (Å²) in [5.74, 6) is 1.78. The molecule has 0 radical (unpaired) electrons. The van der Waals surface area contributed by atoms with Crippen LogP contribution in [-0.2, 0) is 23.1 Å². The number of unbranched alkanes of at least 4 members (excludes halogenated alkanes) is 4. The summed E-state index contributed by atoms with van der Waals surface area (Å²) in [4.78, 5) is 49.0. The number of fused-ring (bicyclic) bond motifs is 1. The van der Waals surface area contributed by atoms with Crippen LogP contribution in [0.3, 0.4) is 0 Å². The van der Waals surface area contributed by atoms with Crippen molar-refractivity contribution in [3.8, 4) is 0 Å². The van der Waals surface area contributed by atoms with Gasteiger partial charge in [-0.2, -0.15) is 0 Å². The van der Waals surface area contributed by atoms with Gasteiger partial charge in [-0.1, -0.05) is 57.4 Å². The van der Waals surface area contributed by atoms with E-state index in [1.165, 1.54) is 11.8 Å². The first-order chi connectivity index (χ1) is 23.3. The van der Waals surface area contributed by atoms with E-state index < -0.39 is 6.09 Å². The maximum absolute atomic E-state index is 13.8. The number of carbonyl (C=O) groups is 3. The van der Waals surface area contributed by atoms with Crippen LogP contribution in [0.4, 0.5) is 16.3 Å². The lowest BCUT2D eigenvalue weighted by molar-refractivity contribution is -0.110. The number of anilines is 2. The maximum Gasteiger partial charge on any atom is 0.412 e. The summed E-state index contributed by atoms with van der Waals surface area (Å²) in [7, 11) is 1.93. The highest BCUT2D eigenvalue weighted by Gasteiger charge is 2.21. The molecule has 0 spiro atoms.